The predicted molar refractivity (Wildman–Crippen MR) is 269 cm³/mol. The molecule has 8 unspecified atom stereocenters. The van der Waals surface area contributed by atoms with E-state index in [0.29, 0.717) is 11.1 Å². The minimum atomic E-state index is -3.76. The molecule has 0 aromatic heterocycles. The van der Waals surface area contributed by atoms with E-state index >= 15 is 0 Å². The second kappa shape index (κ2) is 26.7. The summed E-state index contributed by atoms with van der Waals surface area (Å²) in [7, 11) is 1.51. The minimum Gasteiger partial charge on any atom is -0.450 e. The molecular formula is C53H78N4O14S. The molecule has 0 aliphatic carbocycles. The van der Waals surface area contributed by atoms with E-state index in [9.17, 15) is 46.8 Å². The highest BCUT2D eigenvalue weighted by atomic mass is 32.2. The molecular weight excluding hydrogens is 949 g/mol. The molecule has 400 valence electrons. The molecule has 1 aliphatic rings. The third kappa shape index (κ3) is 16.6. The molecule has 2 aromatic rings. The summed E-state index contributed by atoms with van der Waals surface area (Å²) in [5, 5.41) is 0. The van der Waals surface area contributed by atoms with Gasteiger partial charge in [-0.15, -0.1) is 0 Å². The van der Waals surface area contributed by atoms with Crippen molar-refractivity contribution in [3.8, 4) is 0 Å². The van der Waals surface area contributed by atoms with Gasteiger partial charge in [0.15, 0.2) is 24.4 Å². The Balaban J connectivity index is 2.35. The number of sulfone groups is 1. The van der Waals surface area contributed by atoms with Gasteiger partial charge in [0.2, 0.25) is 0 Å². The SMILES string of the molecule is CC(C)CC1C(=O)OC(C(C)C)C(=O)N(C)C(Cc2ccccc2)C(=O)OC(C(C)C)C(=O)N(C)C(CCS(C)(=O)=O)C(=O)OC(C(C)C)C(=O)N(C)C(Cc2ccccc2)C(=O)OC(C(C)C)C(=O)N1C. The molecule has 4 amide bonds. The lowest BCUT2D eigenvalue weighted by atomic mass is 9.99. The lowest BCUT2D eigenvalue weighted by Crippen LogP contribution is -2.56. The first-order valence-corrected chi connectivity index (χ1v) is 26.7. The summed E-state index contributed by atoms with van der Waals surface area (Å²) >= 11 is 0. The van der Waals surface area contributed by atoms with Gasteiger partial charge in [-0.25, -0.2) is 27.6 Å². The molecule has 0 spiro atoms. The number of nitrogens with zero attached hydrogens (tertiary/aromatic N) is 4. The van der Waals surface area contributed by atoms with Gasteiger partial charge in [-0.1, -0.05) is 130 Å². The Morgan fingerprint density at radius 2 is 0.694 bits per heavy atom. The van der Waals surface area contributed by atoms with Crippen molar-refractivity contribution < 1.29 is 65.7 Å². The van der Waals surface area contributed by atoms with Crippen LogP contribution in [-0.2, 0) is 80.0 Å². The fourth-order valence-corrected chi connectivity index (χ4v) is 8.86. The van der Waals surface area contributed by atoms with Gasteiger partial charge < -0.3 is 38.5 Å². The maximum atomic E-state index is 14.7. The molecule has 1 heterocycles. The average molecular weight is 1030 g/mol. The van der Waals surface area contributed by atoms with E-state index in [1.807, 2.05) is 13.8 Å². The van der Waals surface area contributed by atoms with E-state index in [-0.39, 0.29) is 25.2 Å². The molecule has 8 atom stereocenters. The minimum absolute atomic E-state index is 0.0784. The Kier molecular flexibility index (Phi) is 22.4. The molecule has 0 bridgehead atoms. The van der Waals surface area contributed by atoms with Gasteiger partial charge in [0.05, 0.1) is 5.75 Å². The summed E-state index contributed by atoms with van der Waals surface area (Å²) in [5.74, 6) is -11.0. The highest BCUT2D eigenvalue weighted by Gasteiger charge is 2.45. The Morgan fingerprint density at radius 3 is 0.972 bits per heavy atom. The quantitative estimate of drug-likeness (QED) is 0.199. The molecule has 1 aliphatic heterocycles. The van der Waals surface area contributed by atoms with E-state index < -0.39 is 142 Å². The van der Waals surface area contributed by atoms with Crippen LogP contribution in [0.3, 0.4) is 0 Å². The van der Waals surface area contributed by atoms with Gasteiger partial charge in [-0.2, -0.15) is 0 Å². The van der Waals surface area contributed by atoms with Gasteiger partial charge in [-0.3, -0.25) is 19.2 Å². The van der Waals surface area contributed by atoms with Crippen molar-refractivity contribution in [1.82, 2.24) is 19.6 Å². The number of amides is 4. The smallest absolute Gasteiger partial charge is 0.329 e. The number of ether oxygens (including phenoxy) is 4. The Hall–Kier alpha value is -5.85. The molecule has 1 saturated heterocycles. The van der Waals surface area contributed by atoms with Crippen LogP contribution in [0.5, 0.6) is 0 Å². The fourth-order valence-electron chi connectivity index (χ4n) is 8.20. The third-order valence-corrected chi connectivity index (χ3v) is 13.7. The topological polar surface area (TPSA) is 221 Å². The highest BCUT2D eigenvalue weighted by molar-refractivity contribution is 7.90. The summed E-state index contributed by atoms with van der Waals surface area (Å²) in [6.07, 6.45) is -5.83. The lowest BCUT2D eigenvalue weighted by Gasteiger charge is -2.37. The lowest BCUT2D eigenvalue weighted by molar-refractivity contribution is -0.179. The number of benzene rings is 2. The predicted octanol–water partition coefficient (Wildman–Crippen LogP) is 4.55. The van der Waals surface area contributed by atoms with Crippen LogP contribution in [0.4, 0.5) is 0 Å². The van der Waals surface area contributed by atoms with Crippen LogP contribution in [0.1, 0.15) is 93.2 Å². The maximum absolute atomic E-state index is 14.7. The summed E-state index contributed by atoms with van der Waals surface area (Å²) in [4.78, 5) is 121. The average Bonchev–Trinajstić information content (AvgIpc) is 3.31. The van der Waals surface area contributed by atoms with Crippen LogP contribution in [0, 0.1) is 29.6 Å². The molecule has 18 nitrogen and oxygen atoms in total. The zero-order valence-electron chi connectivity index (χ0n) is 44.7. The zero-order chi connectivity index (χ0) is 54.5. The summed E-state index contributed by atoms with van der Waals surface area (Å²) in [6.45, 7) is 16.6. The van der Waals surface area contributed by atoms with Gasteiger partial charge in [0.25, 0.3) is 23.6 Å². The van der Waals surface area contributed by atoms with Crippen LogP contribution in [0.15, 0.2) is 60.7 Å². The van der Waals surface area contributed by atoms with E-state index in [4.69, 9.17) is 18.9 Å². The molecule has 0 saturated carbocycles. The summed E-state index contributed by atoms with van der Waals surface area (Å²) in [6, 6.07) is 11.7. The van der Waals surface area contributed by atoms with Crippen molar-refractivity contribution in [3.63, 3.8) is 0 Å². The largest absolute Gasteiger partial charge is 0.450 e. The van der Waals surface area contributed by atoms with Gasteiger partial charge in [-0.05, 0) is 53.6 Å². The van der Waals surface area contributed by atoms with Crippen LogP contribution in [0.25, 0.3) is 0 Å². The van der Waals surface area contributed by atoms with Gasteiger partial charge >= 0.3 is 23.9 Å². The van der Waals surface area contributed by atoms with Crippen LogP contribution in [-0.4, -0.2) is 164 Å². The number of carbonyl (C=O) groups is 8. The first kappa shape index (κ1) is 60.5. The zero-order valence-corrected chi connectivity index (χ0v) is 45.5. The Morgan fingerprint density at radius 1 is 0.431 bits per heavy atom. The van der Waals surface area contributed by atoms with Crippen molar-refractivity contribution in [2.45, 2.75) is 144 Å². The number of hydrogen-bond acceptors (Lipinski definition) is 14. The fraction of sp³-hybridized carbons (Fsp3) is 0.623. The molecule has 0 N–H and O–H groups in total. The van der Waals surface area contributed by atoms with E-state index in [2.05, 4.69) is 0 Å². The number of rotatable bonds is 13. The van der Waals surface area contributed by atoms with Crippen molar-refractivity contribution >= 4 is 57.3 Å². The number of carbonyl (C=O) groups excluding carboxylic acids is 8. The third-order valence-electron chi connectivity index (χ3n) is 12.7. The summed E-state index contributed by atoms with van der Waals surface area (Å²) in [5.41, 5.74) is 1.23. The summed E-state index contributed by atoms with van der Waals surface area (Å²) < 4.78 is 49.2. The number of cyclic esters (lactones) is 4. The molecule has 72 heavy (non-hydrogen) atoms. The number of likely N-dealkylation sites (N-methyl/N-ethyl adjacent to an activating group) is 4. The van der Waals surface area contributed by atoms with Gasteiger partial charge in [0, 0.05) is 47.3 Å². The van der Waals surface area contributed by atoms with E-state index in [1.165, 1.54) is 28.2 Å². The van der Waals surface area contributed by atoms with Crippen LogP contribution in [0.2, 0.25) is 0 Å². The second-order valence-electron chi connectivity index (χ2n) is 20.7. The number of esters is 4. The van der Waals surface area contributed by atoms with E-state index in [0.717, 1.165) is 25.9 Å². The standard InChI is InChI=1S/C53H78N4O14S/c1-31(2)28-39-51(63)69-45(35(9)10)49(61)57(14)40(29-36-22-18-16-19-23-36)52(64)70-42(32(3)4)46(58)54(11)38(26-27-72(15,66)67)50(62)68-43(33(5)6)48(60)56(13)41(30-37-24-20-17-21-25-37)53(65)71-44(34(7)8)47(59)55(39)12/h16-25,31-35,38-45H,26-30H2,1-15H3. The molecule has 1 fully saturated rings. The molecule has 19 heteroatoms. The maximum Gasteiger partial charge on any atom is 0.329 e. The van der Waals surface area contributed by atoms with Crippen molar-refractivity contribution in [3.05, 3.63) is 71.8 Å². The van der Waals surface area contributed by atoms with E-state index in [1.54, 1.807) is 116 Å². The molecule has 3 rings (SSSR count). The Labute approximate surface area is 426 Å². The van der Waals surface area contributed by atoms with Crippen molar-refractivity contribution in [1.29, 1.82) is 0 Å². The number of hydrogen-bond donors (Lipinski definition) is 0. The highest BCUT2D eigenvalue weighted by Crippen LogP contribution is 2.25. The first-order chi connectivity index (χ1) is 33.5. The normalized spacial score (nSPS) is 24.8. The van der Waals surface area contributed by atoms with Crippen LogP contribution < -0.4 is 0 Å². The van der Waals surface area contributed by atoms with Crippen molar-refractivity contribution in [2.24, 2.45) is 29.6 Å². The van der Waals surface area contributed by atoms with Crippen molar-refractivity contribution in [2.75, 3.05) is 40.2 Å². The monoisotopic (exact) mass is 1030 g/mol. The molecule has 0 radical (unpaired) electrons. The Bertz CT molecular complexity index is 2250. The second-order valence-corrected chi connectivity index (χ2v) is 23.0. The molecule has 2 aromatic carbocycles. The van der Waals surface area contributed by atoms with Crippen LogP contribution >= 0.6 is 0 Å². The first-order valence-electron chi connectivity index (χ1n) is 24.6. The van der Waals surface area contributed by atoms with Gasteiger partial charge in [0.1, 0.15) is 34.0 Å².